The van der Waals surface area contributed by atoms with Gasteiger partial charge in [0.25, 0.3) is 0 Å². The maximum atomic E-state index is 12.2. The largest absolute Gasteiger partial charge is 0.481 e. The lowest BCUT2D eigenvalue weighted by Crippen LogP contribution is -2.37. The molecule has 0 bridgehead atoms. The van der Waals surface area contributed by atoms with Crippen molar-refractivity contribution in [1.29, 1.82) is 0 Å². The highest BCUT2D eigenvalue weighted by atomic mass is 16.4. The zero-order valence-corrected chi connectivity index (χ0v) is 14.3. The fourth-order valence-corrected chi connectivity index (χ4v) is 3.06. The minimum Gasteiger partial charge on any atom is -0.481 e. The third kappa shape index (κ3) is 4.27. The van der Waals surface area contributed by atoms with E-state index in [0.29, 0.717) is 24.2 Å². The molecular formula is C20H20N2O4. The lowest BCUT2D eigenvalue weighted by molar-refractivity contribution is -0.136. The smallest absolute Gasteiger partial charge is 0.307 e. The van der Waals surface area contributed by atoms with Crippen molar-refractivity contribution < 1.29 is 19.5 Å². The number of carboxylic acid groups (broad SMARTS) is 1. The molecule has 2 aromatic carbocycles. The normalized spacial score (nSPS) is 13.2. The van der Waals surface area contributed by atoms with Crippen LogP contribution in [0.15, 0.2) is 48.5 Å². The highest BCUT2D eigenvalue weighted by Crippen LogP contribution is 2.27. The van der Waals surface area contributed by atoms with Crippen LogP contribution in [-0.2, 0) is 27.2 Å². The summed E-state index contributed by atoms with van der Waals surface area (Å²) in [6.07, 6.45) is 1.34. The fraction of sp³-hybridized carbons (Fsp3) is 0.250. The molecule has 2 N–H and O–H groups in total. The van der Waals surface area contributed by atoms with Gasteiger partial charge >= 0.3 is 5.97 Å². The van der Waals surface area contributed by atoms with Crippen LogP contribution in [0.3, 0.4) is 0 Å². The molecule has 3 rings (SSSR count). The monoisotopic (exact) mass is 352 g/mol. The molecule has 0 saturated heterocycles. The molecule has 0 atom stereocenters. The van der Waals surface area contributed by atoms with E-state index in [1.165, 1.54) is 0 Å². The number of rotatable bonds is 6. The van der Waals surface area contributed by atoms with Gasteiger partial charge in [-0.25, -0.2) is 0 Å². The second kappa shape index (κ2) is 7.82. The van der Waals surface area contributed by atoms with Gasteiger partial charge in [0.1, 0.15) is 0 Å². The number of carbonyl (C=O) groups excluding carboxylic acids is 2. The average Bonchev–Trinajstić information content (AvgIpc) is 2.62. The van der Waals surface area contributed by atoms with E-state index >= 15 is 0 Å². The summed E-state index contributed by atoms with van der Waals surface area (Å²) >= 11 is 0. The van der Waals surface area contributed by atoms with Gasteiger partial charge in [-0.05, 0) is 35.7 Å². The van der Waals surface area contributed by atoms with E-state index in [9.17, 15) is 14.4 Å². The first kappa shape index (κ1) is 17.7. The first-order chi connectivity index (χ1) is 12.5. The standard InChI is InChI=1S/C20H20N2O4/c23-18(21-16-8-5-14(6-9-16)13-20(25)26)11-12-22-17-4-2-1-3-15(17)7-10-19(22)24/h1-6,8-9H,7,10-13H2,(H,21,23)(H,25,26). The van der Waals surface area contributed by atoms with Crippen LogP contribution >= 0.6 is 0 Å². The number of fused-ring (bicyclic) bond motifs is 1. The van der Waals surface area contributed by atoms with E-state index in [4.69, 9.17) is 5.11 Å². The Morgan fingerprint density at radius 1 is 1.04 bits per heavy atom. The number of hydrogen-bond acceptors (Lipinski definition) is 3. The number of anilines is 2. The summed E-state index contributed by atoms with van der Waals surface area (Å²) in [6, 6.07) is 14.5. The summed E-state index contributed by atoms with van der Waals surface area (Å²) < 4.78 is 0. The molecule has 0 radical (unpaired) electrons. The number of aliphatic carboxylic acids is 1. The topological polar surface area (TPSA) is 86.7 Å². The van der Waals surface area contributed by atoms with Gasteiger partial charge < -0.3 is 15.3 Å². The molecule has 6 heteroatoms. The maximum Gasteiger partial charge on any atom is 0.307 e. The van der Waals surface area contributed by atoms with E-state index in [2.05, 4.69) is 5.32 Å². The number of amides is 2. The summed E-state index contributed by atoms with van der Waals surface area (Å²) in [5.41, 5.74) is 3.29. The quantitative estimate of drug-likeness (QED) is 0.837. The molecule has 2 amide bonds. The van der Waals surface area contributed by atoms with Gasteiger partial charge in [-0.15, -0.1) is 0 Å². The van der Waals surface area contributed by atoms with Crippen molar-refractivity contribution in [3.05, 3.63) is 59.7 Å². The van der Waals surface area contributed by atoms with Gasteiger partial charge in [0.2, 0.25) is 11.8 Å². The molecule has 0 unspecified atom stereocenters. The molecule has 0 spiro atoms. The molecule has 1 heterocycles. The van der Waals surface area contributed by atoms with E-state index in [0.717, 1.165) is 17.7 Å². The predicted octanol–water partition coefficient (Wildman–Crippen LogP) is 2.62. The molecule has 0 fully saturated rings. The van der Waals surface area contributed by atoms with Crippen molar-refractivity contribution in [3.8, 4) is 0 Å². The Morgan fingerprint density at radius 3 is 2.50 bits per heavy atom. The lowest BCUT2D eigenvalue weighted by atomic mass is 10.0. The van der Waals surface area contributed by atoms with E-state index in [-0.39, 0.29) is 24.7 Å². The fourth-order valence-electron chi connectivity index (χ4n) is 3.06. The SMILES string of the molecule is O=C(O)Cc1ccc(NC(=O)CCN2C(=O)CCc3ccccc32)cc1. The van der Waals surface area contributed by atoms with Crippen molar-refractivity contribution >= 4 is 29.2 Å². The molecule has 1 aliphatic rings. The number of carboxylic acids is 1. The Bertz CT molecular complexity index is 830. The first-order valence-electron chi connectivity index (χ1n) is 8.52. The van der Waals surface area contributed by atoms with E-state index in [1.807, 2.05) is 24.3 Å². The van der Waals surface area contributed by atoms with Crippen molar-refractivity contribution in [2.24, 2.45) is 0 Å². The van der Waals surface area contributed by atoms with Crippen molar-refractivity contribution in [3.63, 3.8) is 0 Å². The second-order valence-corrected chi connectivity index (χ2v) is 6.24. The van der Waals surface area contributed by atoms with Gasteiger partial charge in [-0.2, -0.15) is 0 Å². The number of benzene rings is 2. The maximum absolute atomic E-state index is 12.2. The first-order valence-corrected chi connectivity index (χ1v) is 8.52. The number of aryl methyl sites for hydroxylation is 1. The van der Waals surface area contributed by atoms with Crippen LogP contribution in [-0.4, -0.2) is 29.4 Å². The van der Waals surface area contributed by atoms with Crippen LogP contribution in [0.4, 0.5) is 11.4 Å². The molecule has 2 aromatic rings. The van der Waals surface area contributed by atoms with Crippen LogP contribution in [0.2, 0.25) is 0 Å². The van der Waals surface area contributed by atoms with Crippen LogP contribution in [0.1, 0.15) is 24.0 Å². The van der Waals surface area contributed by atoms with E-state index < -0.39 is 5.97 Å². The Kier molecular flexibility index (Phi) is 5.31. The van der Waals surface area contributed by atoms with Crippen molar-refractivity contribution in [2.45, 2.75) is 25.7 Å². The van der Waals surface area contributed by atoms with Gasteiger partial charge in [0.15, 0.2) is 0 Å². The Hall–Kier alpha value is -3.15. The molecular weight excluding hydrogens is 332 g/mol. The zero-order valence-electron chi connectivity index (χ0n) is 14.3. The summed E-state index contributed by atoms with van der Waals surface area (Å²) in [5, 5.41) is 11.5. The van der Waals surface area contributed by atoms with Gasteiger partial charge in [0, 0.05) is 30.8 Å². The number of carbonyl (C=O) groups is 3. The van der Waals surface area contributed by atoms with Gasteiger partial charge in [0.05, 0.1) is 6.42 Å². The van der Waals surface area contributed by atoms with Crippen molar-refractivity contribution in [1.82, 2.24) is 0 Å². The number of para-hydroxylation sites is 1. The van der Waals surface area contributed by atoms with Crippen molar-refractivity contribution in [2.75, 3.05) is 16.8 Å². The molecule has 0 aliphatic carbocycles. The highest BCUT2D eigenvalue weighted by molar-refractivity contribution is 5.98. The third-order valence-electron chi connectivity index (χ3n) is 4.35. The average molecular weight is 352 g/mol. The minimum atomic E-state index is -0.895. The minimum absolute atomic E-state index is 0.0366. The summed E-state index contributed by atoms with van der Waals surface area (Å²) in [4.78, 5) is 36.7. The Morgan fingerprint density at radius 2 is 1.77 bits per heavy atom. The number of nitrogens with one attached hydrogen (secondary N) is 1. The van der Waals surface area contributed by atoms with E-state index in [1.54, 1.807) is 29.2 Å². The molecule has 134 valence electrons. The number of hydrogen-bond donors (Lipinski definition) is 2. The summed E-state index contributed by atoms with van der Waals surface area (Å²) in [7, 11) is 0. The van der Waals surface area contributed by atoms with Crippen LogP contribution < -0.4 is 10.2 Å². The molecule has 1 aliphatic heterocycles. The molecule has 26 heavy (non-hydrogen) atoms. The van der Waals surface area contributed by atoms with Crippen LogP contribution in [0.5, 0.6) is 0 Å². The summed E-state index contributed by atoms with van der Waals surface area (Å²) in [6.45, 7) is 0.332. The number of nitrogens with zero attached hydrogens (tertiary/aromatic N) is 1. The van der Waals surface area contributed by atoms with Gasteiger partial charge in [-0.3, -0.25) is 14.4 Å². The van der Waals surface area contributed by atoms with Crippen LogP contribution in [0.25, 0.3) is 0 Å². The Balaban J connectivity index is 1.57. The summed E-state index contributed by atoms with van der Waals surface area (Å²) in [5.74, 6) is -1.05. The highest BCUT2D eigenvalue weighted by Gasteiger charge is 2.23. The third-order valence-corrected chi connectivity index (χ3v) is 4.35. The second-order valence-electron chi connectivity index (χ2n) is 6.24. The van der Waals surface area contributed by atoms with Crippen LogP contribution in [0, 0.1) is 0 Å². The predicted molar refractivity (Wildman–Crippen MR) is 98.1 cm³/mol. The zero-order chi connectivity index (χ0) is 18.5. The lowest BCUT2D eigenvalue weighted by Gasteiger charge is -2.29. The molecule has 6 nitrogen and oxygen atoms in total. The molecule has 0 saturated carbocycles. The Labute approximate surface area is 151 Å². The molecule has 0 aromatic heterocycles. The van der Waals surface area contributed by atoms with Gasteiger partial charge in [-0.1, -0.05) is 30.3 Å².